The van der Waals surface area contributed by atoms with Crippen LogP contribution in [-0.2, 0) is 0 Å². The van der Waals surface area contributed by atoms with Gasteiger partial charge in [-0.1, -0.05) is 0 Å². The Kier molecular flexibility index (Phi) is 2.70. The molecule has 0 fully saturated rings. The topological polar surface area (TPSA) is 96.7 Å². The van der Waals surface area contributed by atoms with E-state index in [4.69, 9.17) is 5.73 Å². The summed E-state index contributed by atoms with van der Waals surface area (Å²) < 4.78 is 1.41. The summed E-state index contributed by atoms with van der Waals surface area (Å²) in [5, 5.41) is 22.6. The number of nitrogens with two attached hydrogens (primary N) is 1. The molecule has 0 aliphatic rings. The van der Waals surface area contributed by atoms with Crippen molar-refractivity contribution in [3.05, 3.63) is 35.7 Å². The Balaban J connectivity index is 2.28. The molecule has 1 aromatic heterocycles. The van der Waals surface area contributed by atoms with E-state index in [1.54, 1.807) is 6.20 Å². The van der Waals surface area contributed by atoms with Crippen molar-refractivity contribution in [1.82, 2.24) is 9.66 Å². The molecule has 2 aromatic rings. The lowest BCUT2D eigenvalue weighted by molar-refractivity contribution is 0.450. The number of phenols is 2. The first-order valence-corrected chi connectivity index (χ1v) is 4.93. The lowest BCUT2D eigenvalue weighted by atomic mass is 10.2. The third-order valence-corrected chi connectivity index (χ3v) is 2.09. The van der Waals surface area contributed by atoms with Gasteiger partial charge in [-0.15, -0.1) is 0 Å². The van der Waals surface area contributed by atoms with Crippen LogP contribution in [0.4, 0.5) is 5.95 Å². The van der Waals surface area contributed by atoms with Crippen LogP contribution in [0.1, 0.15) is 11.3 Å². The van der Waals surface area contributed by atoms with E-state index < -0.39 is 0 Å². The second-order valence-electron chi connectivity index (χ2n) is 3.61. The third-order valence-electron chi connectivity index (χ3n) is 2.09. The molecule has 1 heterocycles. The maximum atomic E-state index is 9.28. The smallest absolute Gasteiger partial charge is 0.221 e. The van der Waals surface area contributed by atoms with E-state index in [0.717, 1.165) is 5.69 Å². The van der Waals surface area contributed by atoms with E-state index in [2.05, 4.69) is 10.1 Å². The van der Waals surface area contributed by atoms with E-state index in [9.17, 15) is 10.2 Å². The molecule has 0 saturated heterocycles. The van der Waals surface area contributed by atoms with Crippen molar-refractivity contribution in [1.29, 1.82) is 0 Å². The second-order valence-corrected chi connectivity index (χ2v) is 3.61. The monoisotopic (exact) mass is 232 g/mol. The van der Waals surface area contributed by atoms with Crippen LogP contribution in [0.5, 0.6) is 11.5 Å². The van der Waals surface area contributed by atoms with Crippen LogP contribution in [0.15, 0.2) is 29.5 Å². The Morgan fingerprint density at radius 3 is 2.47 bits per heavy atom. The van der Waals surface area contributed by atoms with Crippen LogP contribution >= 0.6 is 0 Å². The van der Waals surface area contributed by atoms with Gasteiger partial charge in [-0.25, -0.2) is 9.66 Å². The summed E-state index contributed by atoms with van der Waals surface area (Å²) in [5.74, 6) is 0.227. The maximum absolute atomic E-state index is 9.28. The minimum atomic E-state index is -0.0266. The maximum Gasteiger partial charge on any atom is 0.221 e. The fourth-order valence-corrected chi connectivity index (χ4v) is 1.42. The van der Waals surface area contributed by atoms with Crippen LogP contribution in [0.25, 0.3) is 0 Å². The molecule has 0 saturated carbocycles. The molecule has 0 spiro atoms. The van der Waals surface area contributed by atoms with Gasteiger partial charge < -0.3 is 15.9 Å². The van der Waals surface area contributed by atoms with Gasteiger partial charge in [0.25, 0.3) is 0 Å². The van der Waals surface area contributed by atoms with Gasteiger partial charge in [-0.05, 0) is 19.1 Å². The average molecular weight is 232 g/mol. The number of aryl methyl sites for hydroxylation is 1. The molecular weight excluding hydrogens is 220 g/mol. The van der Waals surface area contributed by atoms with E-state index in [1.165, 1.54) is 29.1 Å². The Labute approximate surface area is 97.7 Å². The summed E-state index contributed by atoms with van der Waals surface area (Å²) in [6.45, 7) is 1.81. The Morgan fingerprint density at radius 1 is 1.29 bits per heavy atom. The first-order chi connectivity index (χ1) is 8.04. The van der Waals surface area contributed by atoms with Gasteiger partial charge in [0.05, 0.1) is 18.1 Å². The molecule has 1 aromatic carbocycles. The standard InChI is InChI=1S/C11H12N4O2/c1-7-6-15(11(12)14-7)13-5-8-2-9(16)4-10(17)3-8/h2-6,16-17H,1H3,(H2,12,14). The lowest BCUT2D eigenvalue weighted by Crippen LogP contribution is -1.96. The van der Waals surface area contributed by atoms with E-state index in [1.807, 2.05) is 6.92 Å². The van der Waals surface area contributed by atoms with Crippen LogP contribution in [0, 0.1) is 6.92 Å². The molecule has 6 nitrogen and oxygen atoms in total. The molecule has 0 amide bonds. The molecular formula is C11H12N4O2. The average Bonchev–Trinajstić information content (AvgIpc) is 2.53. The fourth-order valence-electron chi connectivity index (χ4n) is 1.42. The summed E-state index contributed by atoms with van der Waals surface area (Å²) in [4.78, 5) is 3.99. The lowest BCUT2D eigenvalue weighted by Gasteiger charge is -1.98. The molecule has 0 radical (unpaired) electrons. The Morgan fingerprint density at radius 2 is 1.94 bits per heavy atom. The van der Waals surface area contributed by atoms with Crippen molar-refractivity contribution in [2.75, 3.05) is 5.73 Å². The number of imidazole rings is 1. The number of aromatic nitrogens is 2. The van der Waals surface area contributed by atoms with Crippen LogP contribution < -0.4 is 5.73 Å². The first kappa shape index (κ1) is 11.0. The molecule has 17 heavy (non-hydrogen) atoms. The van der Waals surface area contributed by atoms with Gasteiger partial charge in [-0.2, -0.15) is 5.10 Å². The summed E-state index contributed by atoms with van der Waals surface area (Å²) in [6, 6.07) is 4.19. The Hall–Kier alpha value is -2.50. The highest BCUT2D eigenvalue weighted by Gasteiger charge is 1.99. The predicted molar refractivity (Wildman–Crippen MR) is 64.1 cm³/mol. The summed E-state index contributed by atoms with van der Waals surface area (Å²) in [7, 11) is 0. The van der Waals surface area contributed by atoms with Gasteiger partial charge in [0.2, 0.25) is 5.95 Å². The second kappa shape index (κ2) is 4.17. The number of anilines is 1. The zero-order valence-corrected chi connectivity index (χ0v) is 9.20. The van der Waals surface area contributed by atoms with Gasteiger partial charge >= 0.3 is 0 Å². The molecule has 0 unspecified atom stereocenters. The first-order valence-electron chi connectivity index (χ1n) is 4.93. The number of nitrogens with zero attached hydrogens (tertiary/aromatic N) is 3. The summed E-state index contributed by atoms with van der Waals surface area (Å²) in [6.07, 6.45) is 3.14. The minimum absolute atomic E-state index is 0.0266. The summed E-state index contributed by atoms with van der Waals surface area (Å²) in [5.41, 5.74) is 6.93. The minimum Gasteiger partial charge on any atom is -0.508 e. The van der Waals surface area contributed by atoms with Crippen LogP contribution in [-0.4, -0.2) is 26.1 Å². The highest BCUT2D eigenvalue weighted by atomic mass is 16.3. The van der Waals surface area contributed by atoms with Crippen molar-refractivity contribution in [3.63, 3.8) is 0 Å². The number of rotatable bonds is 2. The number of nitrogen functional groups attached to an aromatic ring is 1. The van der Waals surface area contributed by atoms with Crippen molar-refractivity contribution in [2.24, 2.45) is 5.10 Å². The van der Waals surface area contributed by atoms with E-state index >= 15 is 0 Å². The zero-order chi connectivity index (χ0) is 12.4. The molecule has 88 valence electrons. The van der Waals surface area contributed by atoms with Crippen LogP contribution in [0.3, 0.4) is 0 Å². The highest BCUT2D eigenvalue weighted by Crippen LogP contribution is 2.19. The number of phenolic OH excluding ortho intramolecular Hbond substituents is 2. The van der Waals surface area contributed by atoms with Gasteiger partial charge in [-0.3, -0.25) is 0 Å². The van der Waals surface area contributed by atoms with E-state index in [-0.39, 0.29) is 17.4 Å². The molecule has 6 heteroatoms. The highest BCUT2D eigenvalue weighted by molar-refractivity contribution is 5.81. The quantitative estimate of drug-likeness (QED) is 0.674. The number of benzene rings is 1. The molecule has 0 aliphatic carbocycles. The van der Waals surface area contributed by atoms with Gasteiger partial charge in [0, 0.05) is 11.6 Å². The molecule has 0 atom stereocenters. The van der Waals surface area contributed by atoms with Crippen molar-refractivity contribution in [2.45, 2.75) is 6.92 Å². The molecule has 4 N–H and O–H groups in total. The van der Waals surface area contributed by atoms with Crippen LogP contribution in [0.2, 0.25) is 0 Å². The van der Waals surface area contributed by atoms with Gasteiger partial charge in [0.1, 0.15) is 11.5 Å². The van der Waals surface area contributed by atoms with E-state index in [0.29, 0.717) is 5.56 Å². The zero-order valence-electron chi connectivity index (χ0n) is 9.20. The largest absolute Gasteiger partial charge is 0.508 e. The Bertz CT molecular complexity index is 555. The predicted octanol–water partition coefficient (Wildman–Crippen LogP) is 1.07. The molecule has 0 aliphatic heterocycles. The number of hydrogen-bond donors (Lipinski definition) is 3. The number of aromatic hydroxyl groups is 2. The fraction of sp³-hybridized carbons (Fsp3) is 0.0909. The molecule has 2 rings (SSSR count). The third kappa shape index (κ3) is 2.54. The van der Waals surface area contributed by atoms with Crippen molar-refractivity contribution < 1.29 is 10.2 Å². The van der Waals surface area contributed by atoms with Crippen molar-refractivity contribution >= 4 is 12.2 Å². The molecule has 0 bridgehead atoms. The normalized spacial score (nSPS) is 11.1. The van der Waals surface area contributed by atoms with Crippen molar-refractivity contribution in [3.8, 4) is 11.5 Å². The SMILES string of the molecule is Cc1cn(N=Cc2cc(O)cc(O)c2)c(N)n1. The summed E-state index contributed by atoms with van der Waals surface area (Å²) >= 11 is 0. The van der Waals surface area contributed by atoms with Gasteiger partial charge in [0.15, 0.2) is 0 Å². The number of hydrogen-bond acceptors (Lipinski definition) is 5.